The highest BCUT2D eigenvalue weighted by Gasteiger charge is 2.34. The highest BCUT2D eigenvalue weighted by atomic mass is 35.5. The van der Waals surface area contributed by atoms with E-state index < -0.39 is 5.97 Å². The number of hydrogen-bond donors (Lipinski definition) is 2. The summed E-state index contributed by atoms with van der Waals surface area (Å²) in [6, 6.07) is 4.60. The van der Waals surface area contributed by atoms with Gasteiger partial charge in [0.1, 0.15) is 6.54 Å². The lowest BCUT2D eigenvalue weighted by Crippen LogP contribution is -2.37. The maximum atomic E-state index is 12.2. The first-order valence-electron chi connectivity index (χ1n) is 5.57. The second kappa shape index (κ2) is 4.86. The topological polar surface area (TPSA) is 83.6 Å². The molecule has 1 aliphatic carbocycles. The number of aliphatic carboxylic acids is 1. The Balaban J connectivity index is 2.21. The summed E-state index contributed by atoms with van der Waals surface area (Å²) in [4.78, 5) is 24.3. The van der Waals surface area contributed by atoms with Crippen molar-refractivity contribution in [2.75, 3.05) is 12.3 Å². The molecule has 0 unspecified atom stereocenters. The third-order valence-corrected chi connectivity index (χ3v) is 3.14. The largest absolute Gasteiger partial charge is 0.480 e. The van der Waals surface area contributed by atoms with E-state index in [1.165, 1.54) is 17.0 Å². The smallest absolute Gasteiger partial charge is 0.323 e. The predicted octanol–water partition coefficient (Wildman–Crippen LogP) is 1.61. The van der Waals surface area contributed by atoms with Crippen LogP contribution in [-0.2, 0) is 4.79 Å². The number of benzene rings is 1. The number of carbonyl (C=O) groups excluding carboxylic acids is 1. The van der Waals surface area contributed by atoms with Crippen molar-refractivity contribution in [2.24, 2.45) is 0 Å². The minimum Gasteiger partial charge on any atom is -0.480 e. The molecule has 1 saturated carbocycles. The number of hydrogen-bond acceptors (Lipinski definition) is 3. The molecule has 0 spiro atoms. The lowest BCUT2D eigenvalue weighted by molar-refractivity contribution is -0.137. The average molecular weight is 269 g/mol. The van der Waals surface area contributed by atoms with Gasteiger partial charge in [-0.05, 0) is 31.0 Å². The summed E-state index contributed by atoms with van der Waals surface area (Å²) in [6.45, 7) is -0.286. The molecule has 0 aromatic heterocycles. The number of carbonyl (C=O) groups is 2. The van der Waals surface area contributed by atoms with E-state index in [0.29, 0.717) is 16.3 Å². The number of rotatable bonds is 4. The molecule has 1 aromatic rings. The molecule has 0 heterocycles. The van der Waals surface area contributed by atoms with Crippen LogP contribution in [0, 0.1) is 0 Å². The summed E-state index contributed by atoms with van der Waals surface area (Å²) >= 11 is 5.78. The molecule has 96 valence electrons. The molecule has 1 aliphatic rings. The summed E-state index contributed by atoms with van der Waals surface area (Å²) in [7, 11) is 0. The second-order valence-corrected chi connectivity index (χ2v) is 4.70. The van der Waals surface area contributed by atoms with Crippen molar-refractivity contribution in [3.63, 3.8) is 0 Å². The van der Waals surface area contributed by atoms with Crippen LogP contribution in [0.5, 0.6) is 0 Å². The van der Waals surface area contributed by atoms with Crippen molar-refractivity contribution >= 4 is 29.2 Å². The molecular weight excluding hydrogens is 256 g/mol. The molecular formula is C12H13ClN2O3. The molecule has 0 saturated heterocycles. The standard InChI is InChI=1S/C12H13ClN2O3/c13-9-4-1-7(5-10(9)14)12(18)15(6-11(16)17)8-2-3-8/h1,4-5,8H,2-3,6,14H2,(H,16,17). The summed E-state index contributed by atoms with van der Waals surface area (Å²) in [5.74, 6) is -1.33. The Morgan fingerprint density at radius 1 is 1.44 bits per heavy atom. The molecule has 3 N–H and O–H groups in total. The van der Waals surface area contributed by atoms with Gasteiger partial charge >= 0.3 is 5.97 Å². The zero-order chi connectivity index (χ0) is 13.3. The van der Waals surface area contributed by atoms with Crippen LogP contribution in [0.2, 0.25) is 5.02 Å². The third-order valence-electron chi connectivity index (χ3n) is 2.80. The molecule has 0 radical (unpaired) electrons. The first kappa shape index (κ1) is 12.7. The van der Waals surface area contributed by atoms with Gasteiger partial charge in [0.2, 0.25) is 0 Å². The van der Waals surface area contributed by atoms with Gasteiger partial charge in [-0.15, -0.1) is 0 Å². The van der Waals surface area contributed by atoms with Gasteiger partial charge in [0.25, 0.3) is 5.91 Å². The van der Waals surface area contributed by atoms with Crippen LogP contribution in [-0.4, -0.2) is 34.5 Å². The van der Waals surface area contributed by atoms with Crippen LogP contribution in [0.3, 0.4) is 0 Å². The van der Waals surface area contributed by atoms with Crippen molar-refractivity contribution in [3.8, 4) is 0 Å². The van der Waals surface area contributed by atoms with Crippen molar-refractivity contribution in [2.45, 2.75) is 18.9 Å². The molecule has 2 rings (SSSR count). The summed E-state index contributed by atoms with van der Waals surface area (Å²) < 4.78 is 0. The summed E-state index contributed by atoms with van der Waals surface area (Å²) in [6.07, 6.45) is 1.70. The van der Waals surface area contributed by atoms with E-state index >= 15 is 0 Å². The van der Waals surface area contributed by atoms with Crippen molar-refractivity contribution in [1.82, 2.24) is 4.90 Å². The number of amides is 1. The number of carboxylic acids is 1. The minimum absolute atomic E-state index is 0.0329. The molecule has 6 heteroatoms. The van der Waals surface area contributed by atoms with E-state index in [2.05, 4.69) is 0 Å². The Kier molecular flexibility index (Phi) is 3.43. The van der Waals surface area contributed by atoms with E-state index in [1.807, 2.05) is 0 Å². The average Bonchev–Trinajstić information content (AvgIpc) is 3.12. The van der Waals surface area contributed by atoms with Crippen LogP contribution in [0.15, 0.2) is 18.2 Å². The molecule has 5 nitrogen and oxygen atoms in total. The van der Waals surface area contributed by atoms with Crippen molar-refractivity contribution in [3.05, 3.63) is 28.8 Å². The van der Waals surface area contributed by atoms with Crippen LogP contribution < -0.4 is 5.73 Å². The van der Waals surface area contributed by atoms with Gasteiger partial charge in [-0.1, -0.05) is 11.6 Å². The van der Waals surface area contributed by atoms with Crippen LogP contribution in [0.4, 0.5) is 5.69 Å². The monoisotopic (exact) mass is 268 g/mol. The van der Waals surface area contributed by atoms with E-state index in [9.17, 15) is 9.59 Å². The first-order chi connectivity index (χ1) is 8.49. The van der Waals surface area contributed by atoms with Gasteiger partial charge < -0.3 is 15.7 Å². The van der Waals surface area contributed by atoms with Gasteiger partial charge in [-0.25, -0.2) is 0 Å². The Morgan fingerprint density at radius 2 is 2.11 bits per heavy atom. The molecule has 0 aliphatic heterocycles. The predicted molar refractivity (Wildman–Crippen MR) is 67.6 cm³/mol. The minimum atomic E-state index is -1.02. The van der Waals surface area contributed by atoms with E-state index in [0.717, 1.165) is 12.8 Å². The quantitative estimate of drug-likeness (QED) is 0.813. The first-order valence-corrected chi connectivity index (χ1v) is 5.94. The maximum Gasteiger partial charge on any atom is 0.323 e. The number of nitrogen functional groups attached to an aromatic ring is 1. The van der Waals surface area contributed by atoms with Gasteiger partial charge in [-0.3, -0.25) is 9.59 Å². The van der Waals surface area contributed by atoms with Gasteiger partial charge in [0, 0.05) is 11.6 Å². The van der Waals surface area contributed by atoms with E-state index in [-0.39, 0.29) is 18.5 Å². The van der Waals surface area contributed by atoms with Crippen LogP contribution >= 0.6 is 11.6 Å². The molecule has 1 aromatic carbocycles. The Morgan fingerprint density at radius 3 is 2.61 bits per heavy atom. The highest BCUT2D eigenvalue weighted by Crippen LogP contribution is 2.29. The number of halogens is 1. The number of carboxylic acid groups (broad SMARTS) is 1. The fraction of sp³-hybridized carbons (Fsp3) is 0.333. The second-order valence-electron chi connectivity index (χ2n) is 4.29. The van der Waals surface area contributed by atoms with Crippen molar-refractivity contribution < 1.29 is 14.7 Å². The maximum absolute atomic E-state index is 12.2. The highest BCUT2D eigenvalue weighted by molar-refractivity contribution is 6.33. The zero-order valence-corrected chi connectivity index (χ0v) is 10.4. The Bertz CT molecular complexity index is 500. The van der Waals surface area contributed by atoms with Crippen LogP contribution in [0.25, 0.3) is 0 Å². The molecule has 0 atom stereocenters. The Labute approximate surface area is 109 Å². The molecule has 18 heavy (non-hydrogen) atoms. The zero-order valence-electron chi connectivity index (χ0n) is 9.60. The van der Waals surface area contributed by atoms with Gasteiger partial charge in [-0.2, -0.15) is 0 Å². The summed E-state index contributed by atoms with van der Waals surface area (Å²) in [5, 5.41) is 9.19. The summed E-state index contributed by atoms with van der Waals surface area (Å²) in [5.41, 5.74) is 6.31. The normalized spacial score (nSPS) is 14.3. The molecule has 1 amide bonds. The lowest BCUT2D eigenvalue weighted by Gasteiger charge is -2.20. The lowest BCUT2D eigenvalue weighted by atomic mass is 10.1. The van der Waals surface area contributed by atoms with Gasteiger partial charge in [0.15, 0.2) is 0 Å². The van der Waals surface area contributed by atoms with Crippen molar-refractivity contribution in [1.29, 1.82) is 0 Å². The van der Waals surface area contributed by atoms with E-state index in [4.69, 9.17) is 22.4 Å². The number of nitrogens with two attached hydrogens (primary N) is 1. The van der Waals surface area contributed by atoms with E-state index in [1.54, 1.807) is 6.07 Å². The number of anilines is 1. The van der Waals surface area contributed by atoms with Crippen LogP contribution in [0.1, 0.15) is 23.2 Å². The Hall–Kier alpha value is -1.75. The molecule has 0 bridgehead atoms. The fourth-order valence-corrected chi connectivity index (χ4v) is 1.86. The third kappa shape index (κ3) is 2.73. The van der Waals surface area contributed by atoms with Gasteiger partial charge in [0.05, 0.1) is 10.7 Å². The molecule has 1 fully saturated rings. The SMILES string of the molecule is Nc1cc(C(=O)N(CC(=O)O)C2CC2)ccc1Cl. The fourth-order valence-electron chi connectivity index (χ4n) is 1.74. The number of nitrogens with zero attached hydrogens (tertiary/aromatic N) is 1.